The molecule has 0 atom stereocenters. The molecule has 9 nitrogen and oxygen atoms in total. The third kappa shape index (κ3) is 15.3. The minimum atomic E-state index is -5.08. The molecule has 43 heavy (non-hydrogen) atoms. The summed E-state index contributed by atoms with van der Waals surface area (Å²) in [4.78, 5) is 33.2. The van der Waals surface area contributed by atoms with E-state index in [4.69, 9.17) is 19.4 Å². The van der Waals surface area contributed by atoms with E-state index < -0.39 is 24.3 Å². The summed E-state index contributed by atoms with van der Waals surface area (Å²) in [6, 6.07) is 11.9. The highest BCUT2D eigenvalue weighted by atomic mass is 19.4. The van der Waals surface area contributed by atoms with Gasteiger partial charge in [0.05, 0.1) is 0 Å². The number of rotatable bonds is 13. The van der Waals surface area contributed by atoms with Crippen molar-refractivity contribution in [3.05, 3.63) is 58.7 Å². The molecule has 0 heterocycles. The number of hydrogen-bond acceptors (Lipinski definition) is 6. The molecule has 0 unspecified atom stereocenters. The monoisotopic (exact) mass is 611 g/mol. The van der Waals surface area contributed by atoms with E-state index in [-0.39, 0.29) is 11.8 Å². The number of carbonyl (C=O) groups is 3. The lowest BCUT2D eigenvalue weighted by Gasteiger charge is -2.14. The van der Waals surface area contributed by atoms with E-state index >= 15 is 0 Å². The standard InChI is InChI=1S/C29H43N3O4.C2HF3O2/c1-20(2)24-12-10-22(5)18-26(24)35-28(33)31-16-8-7-14-30-15-9-17-32-29(34)36-27-19-23(6)11-13-25(27)21(3)4;3-2(4,5)1(6)7/h10-13,18-21,30H,7-9,14-17H2,1-6H3,(H,31,33)(H,32,34);(H,6,7). The molecule has 2 aromatic rings. The van der Waals surface area contributed by atoms with Gasteiger partial charge in [-0.25, -0.2) is 14.4 Å². The van der Waals surface area contributed by atoms with Gasteiger partial charge in [-0.1, -0.05) is 52.0 Å². The maximum Gasteiger partial charge on any atom is 0.490 e. The van der Waals surface area contributed by atoms with Crippen LogP contribution in [0.4, 0.5) is 22.8 Å². The Morgan fingerprint density at radius 3 is 1.49 bits per heavy atom. The van der Waals surface area contributed by atoms with E-state index in [2.05, 4.69) is 43.6 Å². The van der Waals surface area contributed by atoms with Crippen LogP contribution >= 0.6 is 0 Å². The minimum absolute atomic E-state index is 0.282. The largest absolute Gasteiger partial charge is 0.490 e. The van der Waals surface area contributed by atoms with Crippen molar-refractivity contribution >= 4 is 18.2 Å². The number of benzene rings is 2. The molecular formula is C31H44F3N3O6. The second-order valence-corrected chi connectivity index (χ2v) is 10.6. The fourth-order valence-corrected chi connectivity index (χ4v) is 3.78. The first-order valence-electron chi connectivity index (χ1n) is 14.2. The third-order valence-corrected chi connectivity index (χ3v) is 6.08. The van der Waals surface area contributed by atoms with Gasteiger partial charge in [-0.15, -0.1) is 0 Å². The number of unbranched alkanes of at least 4 members (excludes halogenated alkanes) is 1. The zero-order valence-electron chi connectivity index (χ0n) is 25.7. The second kappa shape index (κ2) is 18.7. The van der Waals surface area contributed by atoms with Crippen LogP contribution in [0.5, 0.6) is 11.5 Å². The molecule has 12 heteroatoms. The average Bonchev–Trinajstić information content (AvgIpc) is 2.89. The van der Waals surface area contributed by atoms with Crippen molar-refractivity contribution in [2.75, 3.05) is 26.2 Å². The highest BCUT2D eigenvalue weighted by molar-refractivity contribution is 5.73. The highest BCUT2D eigenvalue weighted by Crippen LogP contribution is 2.28. The van der Waals surface area contributed by atoms with Gasteiger partial charge in [0.25, 0.3) is 0 Å². The van der Waals surface area contributed by atoms with Crippen molar-refractivity contribution in [3.8, 4) is 11.5 Å². The molecule has 4 N–H and O–H groups in total. The Bertz CT molecular complexity index is 1110. The van der Waals surface area contributed by atoms with E-state index in [1.165, 1.54) is 0 Å². The lowest BCUT2D eigenvalue weighted by Crippen LogP contribution is -2.30. The van der Waals surface area contributed by atoms with Gasteiger partial charge in [0.15, 0.2) is 0 Å². The molecule has 2 rings (SSSR count). The number of carboxylic acid groups (broad SMARTS) is 1. The van der Waals surface area contributed by atoms with Crippen molar-refractivity contribution in [1.82, 2.24) is 16.0 Å². The number of amides is 2. The fraction of sp³-hybridized carbons (Fsp3) is 0.516. The predicted octanol–water partition coefficient (Wildman–Crippen LogP) is 6.82. The smallest absolute Gasteiger partial charge is 0.475 e. The lowest BCUT2D eigenvalue weighted by molar-refractivity contribution is -0.192. The number of nitrogens with one attached hydrogen (secondary N) is 3. The van der Waals surface area contributed by atoms with Crippen LogP contribution in [-0.4, -0.2) is 55.6 Å². The molecule has 0 bridgehead atoms. The Labute approximate surface area is 251 Å². The predicted molar refractivity (Wildman–Crippen MR) is 159 cm³/mol. The SMILES string of the molecule is Cc1ccc(C(C)C)c(OC(=O)NCCCCNCCCNC(=O)Oc2cc(C)ccc2C(C)C)c1.O=C(O)C(F)(F)F. The highest BCUT2D eigenvalue weighted by Gasteiger charge is 2.38. The van der Waals surface area contributed by atoms with Crippen LogP contribution < -0.4 is 25.4 Å². The number of aryl methyl sites for hydroxylation is 2. The first-order valence-corrected chi connectivity index (χ1v) is 14.2. The summed E-state index contributed by atoms with van der Waals surface area (Å²) in [6.45, 7) is 15.0. The lowest BCUT2D eigenvalue weighted by atomic mass is 10.0. The summed E-state index contributed by atoms with van der Waals surface area (Å²) in [5.74, 6) is -0.943. The average molecular weight is 612 g/mol. The Kier molecular flexibility index (Phi) is 16.2. The number of carbonyl (C=O) groups excluding carboxylic acids is 2. The normalized spacial score (nSPS) is 11.0. The van der Waals surface area contributed by atoms with Gasteiger partial charge in [0.1, 0.15) is 11.5 Å². The molecule has 0 aliphatic heterocycles. The van der Waals surface area contributed by atoms with Gasteiger partial charge in [-0.05, 0) is 92.4 Å². The van der Waals surface area contributed by atoms with E-state index in [1.54, 1.807) is 0 Å². The van der Waals surface area contributed by atoms with Gasteiger partial charge >= 0.3 is 24.3 Å². The number of hydrogen-bond donors (Lipinski definition) is 4. The van der Waals surface area contributed by atoms with Crippen LogP contribution in [0.1, 0.15) is 81.0 Å². The van der Waals surface area contributed by atoms with Gasteiger partial charge < -0.3 is 30.5 Å². The zero-order chi connectivity index (χ0) is 32.6. The van der Waals surface area contributed by atoms with Gasteiger partial charge in [0.2, 0.25) is 0 Å². The molecule has 0 spiro atoms. The van der Waals surface area contributed by atoms with Crippen LogP contribution in [0.3, 0.4) is 0 Å². The van der Waals surface area contributed by atoms with E-state index in [1.807, 2.05) is 50.2 Å². The summed E-state index contributed by atoms with van der Waals surface area (Å²) in [6.07, 6.45) is -3.33. The van der Waals surface area contributed by atoms with Crippen molar-refractivity contribution < 1.29 is 42.1 Å². The molecule has 240 valence electrons. The Balaban J connectivity index is 0.00000117. The number of alkyl halides is 3. The van der Waals surface area contributed by atoms with Crippen molar-refractivity contribution in [2.45, 2.75) is 78.8 Å². The van der Waals surface area contributed by atoms with E-state index in [9.17, 15) is 22.8 Å². The minimum Gasteiger partial charge on any atom is -0.475 e. The first kappa shape index (κ1) is 37.2. The summed E-state index contributed by atoms with van der Waals surface area (Å²) < 4.78 is 42.8. The van der Waals surface area contributed by atoms with Crippen molar-refractivity contribution in [1.29, 1.82) is 0 Å². The number of ether oxygens (including phenoxy) is 2. The first-order chi connectivity index (χ1) is 20.1. The molecule has 0 radical (unpaired) electrons. The quantitative estimate of drug-likeness (QED) is 0.183. The van der Waals surface area contributed by atoms with E-state index in [0.29, 0.717) is 24.6 Å². The Hall–Kier alpha value is -3.80. The van der Waals surface area contributed by atoms with E-state index in [0.717, 1.165) is 54.6 Å². The van der Waals surface area contributed by atoms with Crippen molar-refractivity contribution in [2.24, 2.45) is 0 Å². The number of carboxylic acids is 1. The van der Waals surface area contributed by atoms with Crippen LogP contribution in [-0.2, 0) is 4.79 Å². The van der Waals surface area contributed by atoms with Crippen molar-refractivity contribution in [3.63, 3.8) is 0 Å². The molecule has 0 saturated carbocycles. The maximum atomic E-state index is 12.2. The second-order valence-electron chi connectivity index (χ2n) is 10.6. The summed E-state index contributed by atoms with van der Waals surface area (Å²) in [7, 11) is 0. The van der Waals surface area contributed by atoms with Gasteiger partial charge in [-0.2, -0.15) is 13.2 Å². The fourth-order valence-electron chi connectivity index (χ4n) is 3.78. The van der Waals surface area contributed by atoms with Crippen LogP contribution in [0, 0.1) is 13.8 Å². The number of aliphatic carboxylic acids is 1. The Morgan fingerprint density at radius 1 is 0.721 bits per heavy atom. The zero-order valence-corrected chi connectivity index (χ0v) is 25.7. The van der Waals surface area contributed by atoms with Gasteiger partial charge in [0, 0.05) is 13.1 Å². The molecule has 0 aromatic heterocycles. The molecular weight excluding hydrogens is 567 g/mol. The Morgan fingerprint density at radius 2 is 1.09 bits per heavy atom. The third-order valence-electron chi connectivity index (χ3n) is 6.08. The van der Waals surface area contributed by atoms with Crippen LogP contribution in [0.2, 0.25) is 0 Å². The molecule has 0 aliphatic rings. The summed E-state index contributed by atoms with van der Waals surface area (Å²) >= 11 is 0. The van der Waals surface area contributed by atoms with Crippen LogP contribution in [0.25, 0.3) is 0 Å². The summed E-state index contributed by atoms with van der Waals surface area (Å²) in [5, 5.41) is 16.1. The molecule has 2 amide bonds. The molecule has 0 saturated heterocycles. The molecule has 2 aromatic carbocycles. The number of halogens is 3. The maximum absolute atomic E-state index is 12.2. The molecule has 0 aliphatic carbocycles. The summed E-state index contributed by atoms with van der Waals surface area (Å²) in [5.41, 5.74) is 4.17. The topological polar surface area (TPSA) is 126 Å². The van der Waals surface area contributed by atoms with Gasteiger partial charge in [-0.3, -0.25) is 0 Å². The molecule has 0 fully saturated rings. The van der Waals surface area contributed by atoms with Crippen LogP contribution in [0.15, 0.2) is 36.4 Å².